The van der Waals surface area contributed by atoms with Crippen LogP contribution in [0, 0.1) is 10.1 Å². The zero-order valence-electron chi connectivity index (χ0n) is 13.9. The average molecular weight is 422 g/mol. The minimum Gasteiger partial charge on any atom is -0.465 e. The summed E-state index contributed by atoms with van der Waals surface area (Å²) in [5, 5.41) is 11.5. The van der Waals surface area contributed by atoms with Gasteiger partial charge in [-0.3, -0.25) is 10.1 Å². The van der Waals surface area contributed by atoms with Crippen molar-refractivity contribution in [2.24, 2.45) is 0 Å². The molecule has 1 fully saturated rings. The Balaban J connectivity index is 1.92. The smallest absolute Gasteiger partial charge is 0.339 e. The van der Waals surface area contributed by atoms with E-state index in [0.29, 0.717) is 19.7 Å². The van der Waals surface area contributed by atoms with Gasteiger partial charge in [0.2, 0.25) is 5.82 Å². The molecule has 0 spiro atoms. The molecular weight excluding hydrogens is 406 g/mol. The Morgan fingerprint density at radius 2 is 2.23 bits per heavy atom. The number of nitrogens with zero attached hydrogens (tertiary/aromatic N) is 3. The van der Waals surface area contributed by atoms with Crippen LogP contribution in [0.1, 0.15) is 22.0 Å². The maximum Gasteiger partial charge on any atom is 0.339 e. The second-order valence-corrected chi connectivity index (χ2v) is 6.50. The van der Waals surface area contributed by atoms with Gasteiger partial charge in [-0.1, -0.05) is 34.1 Å². The molecule has 1 unspecified atom stereocenters. The van der Waals surface area contributed by atoms with Crippen LogP contribution in [0.15, 0.2) is 41.0 Å². The first-order valence-corrected chi connectivity index (χ1v) is 8.64. The normalized spacial score (nSPS) is 17.0. The van der Waals surface area contributed by atoms with Crippen LogP contribution in [0.25, 0.3) is 0 Å². The van der Waals surface area contributed by atoms with E-state index in [9.17, 15) is 14.9 Å². The van der Waals surface area contributed by atoms with Gasteiger partial charge >= 0.3 is 11.7 Å². The molecular formula is C17H16BrN3O5. The van der Waals surface area contributed by atoms with Crippen molar-refractivity contribution >= 4 is 33.4 Å². The first-order valence-electron chi connectivity index (χ1n) is 7.85. The third-order valence-corrected chi connectivity index (χ3v) is 4.81. The summed E-state index contributed by atoms with van der Waals surface area (Å²) in [5.41, 5.74) is 0.769. The van der Waals surface area contributed by atoms with Gasteiger partial charge in [-0.05, 0) is 11.6 Å². The Labute approximate surface area is 158 Å². The quantitative estimate of drug-likeness (QED) is 0.425. The fourth-order valence-corrected chi connectivity index (χ4v) is 3.36. The van der Waals surface area contributed by atoms with Gasteiger partial charge in [0.05, 0.1) is 30.7 Å². The van der Waals surface area contributed by atoms with E-state index < -0.39 is 10.9 Å². The fourth-order valence-electron chi connectivity index (χ4n) is 2.82. The number of rotatable bonds is 4. The zero-order chi connectivity index (χ0) is 18.7. The molecule has 1 aromatic carbocycles. The van der Waals surface area contributed by atoms with Gasteiger partial charge in [0.15, 0.2) is 0 Å². The number of anilines is 1. The monoisotopic (exact) mass is 421 g/mol. The minimum atomic E-state index is -0.666. The van der Waals surface area contributed by atoms with Gasteiger partial charge in [0.1, 0.15) is 6.10 Å². The highest BCUT2D eigenvalue weighted by Crippen LogP contribution is 2.33. The Hall–Kier alpha value is -2.52. The van der Waals surface area contributed by atoms with Gasteiger partial charge in [0.25, 0.3) is 0 Å². The molecule has 136 valence electrons. The SMILES string of the molecule is COC(=O)c1cnc(N2CCOC(c3ccccc3Br)C2)c([N+](=O)[O-])c1. The number of nitro groups is 1. The Bertz CT molecular complexity index is 845. The van der Waals surface area contributed by atoms with Crippen molar-refractivity contribution in [3.8, 4) is 0 Å². The van der Waals surface area contributed by atoms with Gasteiger partial charge in [-0.25, -0.2) is 9.78 Å². The topological polar surface area (TPSA) is 94.8 Å². The van der Waals surface area contributed by atoms with Gasteiger partial charge < -0.3 is 14.4 Å². The number of hydrogen-bond donors (Lipinski definition) is 0. The maximum absolute atomic E-state index is 11.6. The summed E-state index contributed by atoms with van der Waals surface area (Å²) < 4.78 is 11.3. The van der Waals surface area contributed by atoms with E-state index in [1.807, 2.05) is 24.3 Å². The number of pyridine rings is 1. The van der Waals surface area contributed by atoms with Gasteiger partial charge in [0, 0.05) is 23.3 Å². The molecule has 1 atom stereocenters. The van der Waals surface area contributed by atoms with E-state index in [1.165, 1.54) is 19.4 Å². The number of methoxy groups -OCH3 is 1. The number of benzene rings is 1. The number of hydrogen-bond acceptors (Lipinski definition) is 7. The number of halogens is 1. The Kier molecular flexibility index (Phi) is 5.48. The summed E-state index contributed by atoms with van der Waals surface area (Å²) in [6.45, 7) is 1.28. The maximum atomic E-state index is 11.6. The highest BCUT2D eigenvalue weighted by molar-refractivity contribution is 9.10. The van der Waals surface area contributed by atoms with Crippen molar-refractivity contribution in [2.45, 2.75) is 6.10 Å². The second kappa shape index (κ2) is 7.79. The van der Waals surface area contributed by atoms with E-state index in [-0.39, 0.29) is 23.2 Å². The van der Waals surface area contributed by atoms with Crippen LogP contribution in [0.3, 0.4) is 0 Å². The summed E-state index contributed by atoms with van der Waals surface area (Å²) in [6.07, 6.45) is 1.04. The lowest BCUT2D eigenvalue weighted by molar-refractivity contribution is -0.384. The van der Waals surface area contributed by atoms with Crippen LogP contribution in [0.2, 0.25) is 0 Å². The van der Waals surface area contributed by atoms with Crippen molar-refractivity contribution in [3.05, 3.63) is 62.2 Å². The van der Waals surface area contributed by atoms with Crippen molar-refractivity contribution in [1.29, 1.82) is 0 Å². The van der Waals surface area contributed by atoms with Gasteiger partial charge in [-0.2, -0.15) is 0 Å². The minimum absolute atomic E-state index is 0.0403. The molecule has 0 radical (unpaired) electrons. The summed E-state index contributed by atoms with van der Waals surface area (Å²) in [4.78, 5) is 28.5. The largest absolute Gasteiger partial charge is 0.465 e. The molecule has 2 heterocycles. The summed E-state index contributed by atoms with van der Waals surface area (Å²) >= 11 is 3.51. The molecule has 0 aliphatic carbocycles. The van der Waals surface area contributed by atoms with E-state index in [2.05, 4.69) is 25.7 Å². The summed E-state index contributed by atoms with van der Waals surface area (Å²) in [6, 6.07) is 8.88. The van der Waals surface area contributed by atoms with E-state index in [0.717, 1.165) is 10.0 Å². The summed E-state index contributed by atoms with van der Waals surface area (Å²) in [7, 11) is 1.21. The van der Waals surface area contributed by atoms with Crippen LogP contribution in [0.4, 0.5) is 11.5 Å². The molecule has 2 aromatic rings. The van der Waals surface area contributed by atoms with Crippen LogP contribution < -0.4 is 4.90 Å². The molecule has 0 bridgehead atoms. The standard InChI is InChI=1S/C17H16BrN3O5/c1-25-17(22)11-8-14(21(23)24)16(19-9-11)20-6-7-26-15(10-20)12-4-2-3-5-13(12)18/h2-5,8-9,15H,6-7,10H2,1H3. The molecule has 1 aromatic heterocycles. The average Bonchev–Trinajstić information content (AvgIpc) is 2.67. The lowest BCUT2D eigenvalue weighted by Gasteiger charge is -2.34. The number of carbonyl (C=O) groups excluding carboxylic acids is 1. The predicted octanol–water partition coefficient (Wildman–Crippen LogP) is 3.12. The molecule has 1 aliphatic heterocycles. The van der Waals surface area contributed by atoms with Crippen LogP contribution in [-0.2, 0) is 9.47 Å². The van der Waals surface area contributed by atoms with Crippen molar-refractivity contribution in [2.75, 3.05) is 31.7 Å². The number of aromatic nitrogens is 1. The highest BCUT2D eigenvalue weighted by atomic mass is 79.9. The van der Waals surface area contributed by atoms with Crippen molar-refractivity contribution in [3.63, 3.8) is 0 Å². The molecule has 0 amide bonds. The Morgan fingerprint density at radius 3 is 2.92 bits per heavy atom. The molecule has 9 heteroatoms. The van der Waals surface area contributed by atoms with Crippen LogP contribution >= 0.6 is 15.9 Å². The highest BCUT2D eigenvalue weighted by Gasteiger charge is 2.30. The molecule has 1 saturated heterocycles. The van der Waals surface area contributed by atoms with E-state index in [1.54, 1.807) is 4.90 Å². The molecule has 3 rings (SSSR count). The van der Waals surface area contributed by atoms with Crippen molar-refractivity contribution in [1.82, 2.24) is 4.98 Å². The first kappa shape index (κ1) is 18.3. The predicted molar refractivity (Wildman–Crippen MR) is 97.3 cm³/mol. The van der Waals surface area contributed by atoms with Crippen LogP contribution in [-0.4, -0.2) is 42.7 Å². The van der Waals surface area contributed by atoms with E-state index in [4.69, 9.17) is 4.74 Å². The zero-order valence-corrected chi connectivity index (χ0v) is 15.5. The van der Waals surface area contributed by atoms with Crippen LogP contribution in [0.5, 0.6) is 0 Å². The summed E-state index contributed by atoms with van der Waals surface area (Å²) in [5.74, 6) is -0.455. The third kappa shape index (κ3) is 3.68. The molecule has 0 saturated carbocycles. The molecule has 0 N–H and O–H groups in total. The van der Waals surface area contributed by atoms with E-state index >= 15 is 0 Å². The second-order valence-electron chi connectivity index (χ2n) is 5.64. The number of ether oxygens (including phenoxy) is 2. The van der Waals surface area contributed by atoms with Gasteiger partial charge in [-0.15, -0.1) is 0 Å². The number of morpholine rings is 1. The van der Waals surface area contributed by atoms with Crippen molar-refractivity contribution < 1.29 is 19.2 Å². The molecule has 8 nitrogen and oxygen atoms in total. The lowest BCUT2D eigenvalue weighted by atomic mass is 10.1. The molecule has 26 heavy (non-hydrogen) atoms. The number of carbonyl (C=O) groups is 1. The third-order valence-electron chi connectivity index (χ3n) is 4.08. The fraction of sp³-hybridized carbons (Fsp3) is 0.294. The lowest BCUT2D eigenvalue weighted by Crippen LogP contribution is -2.39. The first-order chi connectivity index (χ1) is 12.5. The number of esters is 1. The molecule has 1 aliphatic rings. The Morgan fingerprint density at radius 1 is 1.46 bits per heavy atom.